The highest BCUT2D eigenvalue weighted by atomic mass is 16.6. The van der Waals surface area contributed by atoms with Gasteiger partial charge in [-0.3, -0.25) is 19.7 Å². The number of nitrogens with zero attached hydrogens (tertiary/aromatic N) is 3. The van der Waals surface area contributed by atoms with Crippen LogP contribution in [0.3, 0.4) is 0 Å². The second-order valence-corrected chi connectivity index (χ2v) is 4.98. The van der Waals surface area contributed by atoms with Crippen molar-refractivity contribution in [2.75, 3.05) is 38.0 Å². The largest absolute Gasteiger partial charge is 0.332 e. The second-order valence-electron chi connectivity index (χ2n) is 4.98. The minimum Gasteiger partial charge on any atom is -0.332 e. The lowest BCUT2D eigenvalue weighted by molar-refractivity contribution is -0.384. The van der Waals surface area contributed by atoms with E-state index in [0.717, 1.165) is 19.6 Å². The van der Waals surface area contributed by atoms with Crippen LogP contribution in [0.15, 0.2) is 24.3 Å². The molecule has 1 saturated heterocycles. The molecule has 0 spiro atoms. The first-order chi connectivity index (χ1) is 10.5. The van der Waals surface area contributed by atoms with Crippen molar-refractivity contribution in [2.24, 2.45) is 0 Å². The quantitative estimate of drug-likeness (QED) is 0.504. The van der Waals surface area contributed by atoms with Gasteiger partial charge in [-0.05, 0) is 18.7 Å². The smallest absolute Gasteiger partial charge is 0.313 e. The summed E-state index contributed by atoms with van der Waals surface area (Å²) in [6, 6.07) is 5.36. The predicted octanol–water partition coefficient (Wildman–Crippen LogP) is 0.697. The van der Waals surface area contributed by atoms with Gasteiger partial charge >= 0.3 is 11.8 Å². The van der Waals surface area contributed by atoms with Crippen LogP contribution in [-0.2, 0) is 9.59 Å². The molecule has 0 saturated carbocycles. The number of carbonyl (C=O) groups excluding carboxylic acids is 2. The van der Waals surface area contributed by atoms with E-state index in [0.29, 0.717) is 18.8 Å². The van der Waals surface area contributed by atoms with E-state index in [2.05, 4.69) is 17.1 Å². The fourth-order valence-corrected chi connectivity index (χ4v) is 2.26. The maximum atomic E-state index is 12.1. The SMILES string of the molecule is CCN1CCN(C(=O)C(=O)Nc2ccc([N+](=O)[O-])cc2)CC1. The number of benzene rings is 1. The van der Waals surface area contributed by atoms with Crippen molar-refractivity contribution < 1.29 is 14.5 Å². The van der Waals surface area contributed by atoms with Crippen LogP contribution in [0.2, 0.25) is 0 Å². The number of hydrogen-bond donors (Lipinski definition) is 1. The number of nitrogens with one attached hydrogen (secondary N) is 1. The molecule has 0 atom stereocenters. The summed E-state index contributed by atoms with van der Waals surface area (Å²) >= 11 is 0. The van der Waals surface area contributed by atoms with Crippen molar-refractivity contribution in [2.45, 2.75) is 6.92 Å². The zero-order chi connectivity index (χ0) is 16.1. The van der Waals surface area contributed by atoms with Crippen LogP contribution in [0.25, 0.3) is 0 Å². The fraction of sp³-hybridized carbons (Fsp3) is 0.429. The van der Waals surface area contributed by atoms with Gasteiger partial charge in [0.1, 0.15) is 0 Å². The van der Waals surface area contributed by atoms with Gasteiger partial charge in [-0.25, -0.2) is 0 Å². The third kappa shape index (κ3) is 3.79. The van der Waals surface area contributed by atoms with Gasteiger partial charge in [0.15, 0.2) is 0 Å². The number of carbonyl (C=O) groups is 2. The van der Waals surface area contributed by atoms with Crippen LogP contribution >= 0.6 is 0 Å². The summed E-state index contributed by atoms with van der Waals surface area (Å²) in [5.74, 6) is -1.30. The zero-order valence-corrected chi connectivity index (χ0v) is 12.3. The van der Waals surface area contributed by atoms with E-state index in [4.69, 9.17) is 0 Å². The number of non-ortho nitro benzene ring substituents is 1. The van der Waals surface area contributed by atoms with Gasteiger partial charge in [0.25, 0.3) is 5.69 Å². The van der Waals surface area contributed by atoms with Gasteiger partial charge in [-0.15, -0.1) is 0 Å². The Morgan fingerprint density at radius 3 is 2.27 bits per heavy atom. The minimum atomic E-state index is -0.723. The number of nitro groups is 1. The molecular formula is C14H18N4O4. The topological polar surface area (TPSA) is 95.8 Å². The minimum absolute atomic E-state index is 0.0694. The molecule has 2 rings (SSSR count). The highest BCUT2D eigenvalue weighted by molar-refractivity contribution is 6.39. The van der Waals surface area contributed by atoms with Gasteiger partial charge in [0.2, 0.25) is 0 Å². The summed E-state index contributed by atoms with van der Waals surface area (Å²) in [7, 11) is 0. The third-order valence-electron chi connectivity index (χ3n) is 3.64. The molecule has 8 nitrogen and oxygen atoms in total. The molecule has 2 amide bonds. The maximum Gasteiger partial charge on any atom is 0.313 e. The van der Waals surface area contributed by atoms with Crippen molar-refractivity contribution >= 4 is 23.2 Å². The van der Waals surface area contributed by atoms with E-state index in [1.54, 1.807) is 0 Å². The molecule has 1 aliphatic rings. The maximum absolute atomic E-state index is 12.1. The van der Waals surface area contributed by atoms with Crippen molar-refractivity contribution in [3.8, 4) is 0 Å². The molecule has 0 aromatic heterocycles. The van der Waals surface area contributed by atoms with Gasteiger partial charge in [-0.1, -0.05) is 6.92 Å². The molecule has 118 valence electrons. The van der Waals surface area contributed by atoms with Crippen molar-refractivity contribution in [1.29, 1.82) is 0 Å². The molecule has 22 heavy (non-hydrogen) atoms. The highest BCUT2D eigenvalue weighted by Crippen LogP contribution is 2.15. The Hall–Kier alpha value is -2.48. The lowest BCUT2D eigenvalue weighted by atomic mass is 10.2. The Labute approximate surface area is 127 Å². The number of likely N-dealkylation sites (N-methyl/N-ethyl adjacent to an activating group) is 1. The van der Waals surface area contributed by atoms with E-state index < -0.39 is 16.7 Å². The first-order valence-electron chi connectivity index (χ1n) is 7.08. The van der Waals surface area contributed by atoms with Gasteiger partial charge < -0.3 is 15.1 Å². The summed E-state index contributed by atoms with van der Waals surface area (Å²) in [5, 5.41) is 13.0. The van der Waals surface area contributed by atoms with Crippen molar-refractivity contribution in [3.63, 3.8) is 0 Å². The van der Waals surface area contributed by atoms with Crippen molar-refractivity contribution in [3.05, 3.63) is 34.4 Å². The lowest BCUT2D eigenvalue weighted by Crippen LogP contribution is -2.51. The fourth-order valence-electron chi connectivity index (χ4n) is 2.26. The van der Waals surface area contributed by atoms with Crippen LogP contribution in [0.1, 0.15) is 6.92 Å². The number of amides is 2. The standard InChI is InChI=1S/C14H18N4O4/c1-2-16-7-9-17(10-8-16)14(20)13(19)15-11-3-5-12(6-4-11)18(21)22/h3-6H,2,7-10H2,1H3,(H,15,19). The Bertz CT molecular complexity index is 565. The van der Waals surface area contributed by atoms with Crippen LogP contribution in [0, 0.1) is 10.1 Å². The number of rotatable bonds is 3. The van der Waals surface area contributed by atoms with E-state index in [1.165, 1.54) is 29.2 Å². The highest BCUT2D eigenvalue weighted by Gasteiger charge is 2.25. The van der Waals surface area contributed by atoms with E-state index in [1.807, 2.05) is 0 Å². The van der Waals surface area contributed by atoms with Gasteiger partial charge in [-0.2, -0.15) is 0 Å². The monoisotopic (exact) mass is 306 g/mol. The summed E-state index contributed by atoms with van der Waals surface area (Å²) in [6.45, 7) is 5.55. The Morgan fingerprint density at radius 2 is 1.77 bits per heavy atom. The number of anilines is 1. The molecule has 1 heterocycles. The summed E-state index contributed by atoms with van der Waals surface area (Å²) < 4.78 is 0. The van der Waals surface area contributed by atoms with Gasteiger partial charge in [0, 0.05) is 44.0 Å². The molecule has 1 fully saturated rings. The number of hydrogen-bond acceptors (Lipinski definition) is 5. The average molecular weight is 306 g/mol. The molecular weight excluding hydrogens is 288 g/mol. The Morgan fingerprint density at radius 1 is 1.18 bits per heavy atom. The molecule has 0 aliphatic carbocycles. The molecule has 1 aromatic carbocycles. The number of piperazine rings is 1. The van der Waals surface area contributed by atoms with Crippen LogP contribution < -0.4 is 5.32 Å². The van der Waals surface area contributed by atoms with E-state index >= 15 is 0 Å². The zero-order valence-electron chi connectivity index (χ0n) is 12.3. The molecule has 0 unspecified atom stereocenters. The van der Waals surface area contributed by atoms with Gasteiger partial charge in [0.05, 0.1) is 4.92 Å². The summed E-state index contributed by atoms with van der Waals surface area (Å²) in [4.78, 5) is 37.7. The van der Waals surface area contributed by atoms with E-state index in [9.17, 15) is 19.7 Å². The predicted molar refractivity (Wildman–Crippen MR) is 80.4 cm³/mol. The normalized spacial score (nSPS) is 15.4. The van der Waals surface area contributed by atoms with Crippen LogP contribution in [-0.4, -0.2) is 59.3 Å². The molecule has 1 aromatic rings. The molecule has 1 aliphatic heterocycles. The third-order valence-corrected chi connectivity index (χ3v) is 3.64. The molecule has 8 heteroatoms. The lowest BCUT2D eigenvalue weighted by Gasteiger charge is -2.33. The molecule has 0 bridgehead atoms. The van der Waals surface area contributed by atoms with Crippen molar-refractivity contribution in [1.82, 2.24) is 9.80 Å². The Kier molecular flexibility index (Phi) is 5.05. The molecule has 1 N–H and O–H groups in total. The number of nitro benzene ring substituents is 1. The molecule has 0 radical (unpaired) electrons. The summed E-state index contributed by atoms with van der Waals surface area (Å²) in [6.07, 6.45) is 0. The first-order valence-corrected chi connectivity index (χ1v) is 7.08. The van der Waals surface area contributed by atoms with Crippen LogP contribution in [0.4, 0.5) is 11.4 Å². The van der Waals surface area contributed by atoms with E-state index in [-0.39, 0.29) is 5.69 Å². The summed E-state index contributed by atoms with van der Waals surface area (Å²) in [5.41, 5.74) is 0.288. The average Bonchev–Trinajstić information content (AvgIpc) is 2.54. The Balaban J connectivity index is 1.91. The second kappa shape index (κ2) is 6.99. The first kappa shape index (κ1) is 15.9. The van der Waals surface area contributed by atoms with Crippen LogP contribution in [0.5, 0.6) is 0 Å².